The van der Waals surface area contributed by atoms with Crippen LogP contribution in [-0.4, -0.2) is 41.4 Å². The molecule has 1 aromatic heterocycles. The summed E-state index contributed by atoms with van der Waals surface area (Å²) in [6, 6.07) is 17.7. The van der Waals surface area contributed by atoms with Gasteiger partial charge in [-0.3, -0.25) is 4.90 Å². The van der Waals surface area contributed by atoms with Crippen molar-refractivity contribution in [3.8, 4) is 28.4 Å². The summed E-state index contributed by atoms with van der Waals surface area (Å²) in [6.07, 6.45) is 5.62. The number of piperidine rings is 1. The largest absolute Gasteiger partial charge is 0.508 e. The van der Waals surface area contributed by atoms with Crippen LogP contribution in [0.1, 0.15) is 40.8 Å². The predicted molar refractivity (Wildman–Crippen MR) is 138 cm³/mol. The first-order valence-electron chi connectivity index (χ1n) is 12.2. The van der Waals surface area contributed by atoms with E-state index in [2.05, 4.69) is 17.0 Å². The van der Waals surface area contributed by atoms with E-state index in [0.29, 0.717) is 12.4 Å². The van der Waals surface area contributed by atoms with Crippen molar-refractivity contribution in [2.75, 3.05) is 26.2 Å². The zero-order chi connectivity index (χ0) is 23.1. The van der Waals surface area contributed by atoms with Crippen molar-refractivity contribution in [2.24, 2.45) is 0 Å². The number of hydrogen-bond donors (Lipinski definition) is 2. The lowest BCUT2D eigenvalue weighted by atomic mass is 9.87. The number of phenolic OH excluding ortho intramolecular Hbond substituents is 2. The Bertz CT molecular complexity index is 1340. The number of phenols is 2. The first-order valence-corrected chi connectivity index (χ1v) is 13.0. The Balaban J connectivity index is 1.27. The number of aromatic hydroxyl groups is 2. The van der Waals surface area contributed by atoms with Crippen molar-refractivity contribution >= 4 is 21.4 Å². The molecule has 0 spiro atoms. The highest BCUT2D eigenvalue weighted by Gasteiger charge is 2.23. The Morgan fingerprint density at radius 3 is 2.47 bits per heavy atom. The van der Waals surface area contributed by atoms with E-state index in [1.54, 1.807) is 17.4 Å². The lowest BCUT2D eigenvalue weighted by Crippen LogP contribution is -2.33. The van der Waals surface area contributed by atoms with E-state index in [4.69, 9.17) is 4.74 Å². The predicted octanol–water partition coefficient (Wildman–Crippen LogP) is 6.34. The minimum atomic E-state index is 0.290. The number of thiophene rings is 1. The first kappa shape index (κ1) is 21.5. The maximum atomic E-state index is 10.5. The minimum absolute atomic E-state index is 0.290. The molecular weight excluding hydrogens is 442 g/mol. The van der Waals surface area contributed by atoms with Gasteiger partial charge in [-0.25, -0.2) is 0 Å². The average Bonchev–Trinajstić information content (AvgIpc) is 3.20. The van der Waals surface area contributed by atoms with Crippen LogP contribution in [0.3, 0.4) is 0 Å². The van der Waals surface area contributed by atoms with Crippen LogP contribution in [0.15, 0.2) is 54.6 Å². The fraction of sp³-hybridized carbons (Fsp3) is 0.310. The Morgan fingerprint density at radius 1 is 0.824 bits per heavy atom. The molecule has 4 nitrogen and oxygen atoms in total. The van der Waals surface area contributed by atoms with Crippen molar-refractivity contribution in [1.29, 1.82) is 0 Å². The highest BCUT2D eigenvalue weighted by Crippen LogP contribution is 2.45. The van der Waals surface area contributed by atoms with Gasteiger partial charge in [0.05, 0.1) is 0 Å². The van der Waals surface area contributed by atoms with Gasteiger partial charge in [0.1, 0.15) is 23.9 Å². The second-order valence-corrected chi connectivity index (χ2v) is 10.6. The molecule has 1 aliphatic heterocycles. The summed E-state index contributed by atoms with van der Waals surface area (Å²) in [6.45, 7) is 4.07. The molecule has 0 radical (unpaired) electrons. The summed E-state index contributed by atoms with van der Waals surface area (Å²) >= 11 is 1.75. The summed E-state index contributed by atoms with van der Waals surface area (Å²) in [5, 5.41) is 21.6. The van der Waals surface area contributed by atoms with Crippen molar-refractivity contribution in [1.82, 2.24) is 4.90 Å². The van der Waals surface area contributed by atoms with E-state index in [9.17, 15) is 10.2 Å². The van der Waals surface area contributed by atoms with Crippen molar-refractivity contribution in [3.63, 3.8) is 0 Å². The Labute approximate surface area is 204 Å². The van der Waals surface area contributed by atoms with Gasteiger partial charge >= 0.3 is 0 Å². The van der Waals surface area contributed by atoms with Gasteiger partial charge in [-0.2, -0.15) is 0 Å². The summed E-state index contributed by atoms with van der Waals surface area (Å²) in [7, 11) is 0. The molecule has 3 aromatic carbocycles. The molecule has 2 heterocycles. The van der Waals surface area contributed by atoms with Gasteiger partial charge in [-0.05, 0) is 96.6 Å². The quantitative estimate of drug-likeness (QED) is 0.314. The highest BCUT2D eigenvalue weighted by molar-refractivity contribution is 7.19. The van der Waals surface area contributed by atoms with Crippen LogP contribution in [0.2, 0.25) is 0 Å². The van der Waals surface area contributed by atoms with Gasteiger partial charge in [0.2, 0.25) is 0 Å². The molecule has 0 bridgehead atoms. The van der Waals surface area contributed by atoms with Crippen LogP contribution in [0.4, 0.5) is 0 Å². The van der Waals surface area contributed by atoms with Crippen LogP contribution < -0.4 is 4.74 Å². The molecule has 34 heavy (non-hydrogen) atoms. The van der Waals surface area contributed by atoms with Gasteiger partial charge in [-0.1, -0.05) is 24.6 Å². The molecule has 1 fully saturated rings. The molecule has 1 saturated heterocycles. The Morgan fingerprint density at radius 2 is 1.65 bits per heavy atom. The molecule has 2 N–H and O–H groups in total. The molecule has 4 aromatic rings. The van der Waals surface area contributed by atoms with E-state index in [0.717, 1.165) is 41.0 Å². The third kappa shape index (κ3) is 4.15. The Hall–Kier alpha value is -3.02. The molecule has 5 heteroatoms. The molecule has 0 saturated carbocycles. The van der Waals surface area contributed by atoms with Crippen molar-refractivity contribution in [2.45, 2.75) is 32.1 Å². The fourth-order valence-corrected chi connectivity index (χ4v) is 6.71. The molecular formula is C29H29NO3S. The number of ether oxygens (including phenoxy) is 1. The Kier molecular flexibility index (Phi) is 5.67. The smallest absolute Gasteiger partial charge is 0.119 e. The average molecular weight is 472 g/mol. The summed E-state index contributed by atoms with van der Waals surface area (Å²) < 4.78 is 7.14. The SMILES string of the molecule is Oc1ccc2c(c1)Cc1sc3cc(O)cc(-c4ccc(OCCN5CCCCC5)cc4)c3c1C2. The number of likely N-dealkylation sites (tertiary alicyclic amines) is 1. The van der Waals surface area contributed by atoms with Crippen LogP contribution in [0.25, 0.3) is 21.2 Å². The van der Waals surface area contributed by atoms with Gasteiger partial charge in [0, 0.05) is 27.9 Å². The van der Waals surface area contributed by atoms with E-state index in [1.807, 2.05) is 36.4 Å². The third-order valence-corrected chi connectivity index (χ3v) is 8.34. The lowest BCUT2D eigenvalue weighted by molar-refractivity contribution is 0.183. The lowest BCUT2D eigenvalue weighted by Gasteiger charge is -2.26. The third-order valence-electron chi connectivity index (χ3n) is 7.16. The number of rotatable bonds is 5. The zero-order valence-electron chi connectivity index (χ0n) is 19.2. The fourth-order valence-electron chi connectivity index (χ4n) is 5.40. The van der Waals surface area contributed by atoms with E-state index in [1.165, 1.54) is 59.3 Å². The van der Waals surface area contributed by atoms with Gasteiger partial charge in [-0.15, -0.1) is 11.3 Å². The minimum Gasteiger partial charge on any atom is -0.508 e. The van der Waals surface area contributed by atoms with Crippen LogP contribution in [-0.2, 0) is 12.8 Å². The summed E-state index contributed by atoms with van der Waals surface area (Å²) in [5.41, 5.74) is 5.95. The molecule has 0 atom stereocenters. The number of hydrogen-bond acceptors (Lipinski definition) is 5. The van der Waals surface area contributed by atoms with Crippen molar-refractivity contribution in [3.05, 3.63) is 76.2 Å². The molecule has 2 aliphatic rings. The van der Waals surface area contributed by atoms with Crippen LogP contribution in [0, 0.1) is 0 Å². The molecule has 6 rings (SSSR count). The number of fused-ring (bicyclic) bond motifs is 4. The highest BCUT2D eigenvalue weighted by atomic mass is 32.1. The second kappa shape index (κ2) is 8.97. The molecule has 0 amide bonds. The number of benzene rings is 3. The van der Waals surface area contributed by atoms with E-state index < -0.39 is 0 Å². The van der Waals surface area contributed by atoms with Gasteiger partial charge in [0.25, 0.3) is 0 Å². The van der Waals surface area contributed by atoms with Crippen LogP contribution >= 0.6 is 11.3 Å². The molecule has 0 unspecified atom stereocenters. The van der Waals surface area contributed by atoms with Gasteiger partial charge < -0.3 is 14.9 Å². The standard InChI is InChI=1S/C29H29NO3S/c31-22-7-4-20-15-26-27(16-21(20)14-22)34-28-18-23(32)17-25(29(26)28)19-5-8-24(9-6-19)33-13-12-30-10-2-1-3-11-30/h4-9,14,17-18,31-32H,1-3,10-13,15-16H2. The molecule has 1 aliphatic carbocycles. The van der Waals surface area contributed by atoms with Gasteiger partial charge in [0.15, 0.2) is 0 Å². The van der Waals surface area contributed by atoms with Crippen LogP contribution in [0.5, 0.6) is 17.2 Å². The maximum absolute atomic E-state index is 10.5. The van der Waals surface area contributed by atoms with E-state index >= 15 is 0 Å². The zero-order valence-corrected chi connectivity index (χ0v) is 20.0. The van der Waals surface area contributed by atoms with Crippen molar-refractivity contribution < 1.29 is 14.9 Å². The summed E-state index contributed by atoms with van der Waals surface area (Å²) in [5.74, 6) is 1.50. The first-order chi connectivity index (χ1) is 16.6. The van der Waals surface area contributed by atoms with E-state index in [-0.39, 0.29) is 5.75 Å². The normalized spacial score (nSPS) is 15.8. The summed E-state index contributed by atoms with van der Waals surface area (Å²) in [4.78, 5) is 3.80. The topological polar surface area (TPSA) is 52.9 Å². The maximum Gasteiger partial charge on any atom is 0.119 e. The number of nitrogens with zero attached hydrogens (tertiary/aromatic N) is 1. The molecule has 174 valence electrons. The monoisotopic (exact) mass is 471 g/mol. The second-order valence-electron chi connectivity index (χ2n) is 9.45.